The van der Waals surface area contributed by atoms with E-state index in [9.17, 15) is 23.2 Å². The second-order valence-electron chi connectivity index (χ2n) is 8.70. The highest BCUT2D eigenvalue weighted by atomic mass is 19.3. The molecule has 2 fully saturated rings. The number of nitrogens with one attached hydrogen (secondary N) is 2. The molecule has 39 heavy (non-hydrogen) atoms. The Balaban J connectivity index is 1.33. The summed E-state index contributed by atoms with van der Waals surface area (Å²) in [5.74, 6) is -3.76. The van der Waals surface area contributed by atoms with E-state index in [1.807, 2.05) is 17.4 Å². The van der Waals surface area contributed by atoms with E-state index in [-0.39, 0.29) is 63.2 Å². The van der Waals surface area contributed by atoms with Gasteiger partial charge in [-0.25, -0.2) is 18.6 Å². The second kappa shape index (κ2) is 12.7. The summed E-state index contributed by atoms with van der Waals surface area (Å²) in [5.41, 5.74) is 0.469. The Morgan fingerprint density at radius 1 is 1.10 bits per heavy atom. The van der Waals surface area contributed by atoms with E-state index in [1.165, 1.54) is 4.90 Å². The maximum absolute atomic E-state index is 15.1. The van der Waals surface area contributed by atoms with Crippen LogP contribution in [0.3, 0.4) is 0 Å². The summed E-state index contributed by atoms with van der Waals surface area (Å²) in [6.45, 7) is 0.105. The first-order chi connectivity index (χ1) is 18.7. The molecule has 3 amide bonds. The summed E-state index contributed by atoms with van der Waals surface area (Å²) in [6.07, 6.45) is -1.85. The SMILES string of the molecule is O=C(NC[C@H]1CN(c2cc(F)c(N3CCON(C(=O)CNCc4ccncc4)CC3)c(F)c2)C(=O)O1)C(F)F. The van der Waals surface area contributed by atoms with Gasteiger partial charge in [-0.15, -0.1) is 0 Å². The number of amides is 3. The van der Waals surface area contributed by atoms with Crippen LogP contribution in [0.25, 0.3) is 0 Å². The minimum absolute atomic E-state index is 0.00118. The van der Waals surface area contributed by atoms with Crippen molar-refractivity contribution < 1.29 is 41.5 Å². The van der Waals surface area contributed by atoms with Gasteiger partial charge in [0.25, 0.3) is 11.8 Å². The highest BCUT2D eigenvalue weighted by molar-refractivity contribution is 5.90. The Labute approximate surface area is 220 Å². The van der Waals surface area contributed by atoms with Crippen molar-refractivity contribution >= 4 is 29.3 Å². The Kier molecular flexibility index (Phi) is 9.14. The lowest BCUT2D eigenvalue weighted by molar-refractivity contribution is -0.180. The monoisotopic (exact) mass is 554 g/mol. The number of anilines is 2. The molecule has 15 heteroatoms. The van der Waals surface area contributed by atoms with Crippen molar-refractivity contribution in [1.29, 1.82) is 0 Å². The molecule has 2 N–H and O–H groups in total. The molecule has 0 aliphatic carbocycles. The summed E-state index contributed by atoms with van der Waals surface area (Å²) in [4.78, 5) is 47.5. The Morgan fingerprint density at radius 2 is 1.82 bits per heavy atom. The van der Waals surface area contributed by atoms with E-state index in [1.54, 1.807) is 12.4 Å². The lowest BCUT2D eigenvalue weighted by Crippen LogP contribution is -2.39. The van der Waals surface area contributed by atoms with Crippen LogP contribution in [0.2, 0.25) is 0 Å². The maximum Gasteiger partial charge on any atom is 0.414 e. The molecule has 3 heterocycles. The van der Waals surface area contributed by atoms with Crippen molar-refractivity contribution in [1.82, 2.24) is 20.7 Å². The van der Waals surface area contributed by atoms with Gasteiger partial charge in [0.1, 0.15) is 11.8 Å². The van der Waals surface area contributed by atoms with Crippen molar-refractivity contribution in [3.05, 3.63) is 53.9 Å². The fourth-order valence-electron chi connectivity index (χ4n) is 4.11. The number of cyclic esters (lactones) is 1. The predicted molar refractivity (Wildman–Crippen MR) is 129 cm³/mol. The molecule has 210 valence electrons. The van der Waals surface area contributed by atoms with Gasteiger partial charge in [-0.1, -0.05) is 0 Å². The summed E-state index contributed by atoms with van der Waals surface area (Å²) in [7, 11) is 0. The average molecular weight is 555 g/mol. The number of rotatable bonds is 9. The first-order valence-electron chi connectivity index (χ1n) is 12.0. The van der Waals surface area contributed by atoms with Gasteiger partial charge in [0, 0.05) is 44.2 Å². The molecule has 2 aromatic rings. The molecule has 11 nitrogen and oxygen atoms in total. The number of alkyl halides is 2. The fourth-order valence-corrected chi connectivity index (χ4v) is 4.11. The van der Waals surface area contributed by atoms with E-state index in [0.717, 1.165) is 27.7 Å². The van der Waals surface area contributed by atoms with Crippen molar-refractivity contribution in [2.75, 3.05) is 55.7 Å². The van der Waals surface area contributed by atoms with E-state index < -0.39 is 36.2 Å². The molecule has 1 aromatic carbocycles. The number of carbonyl (C=O) groups excluding carboxylic acids is 3. The number of carbonyl (C=O) groups is 3. The Bertz CT molecular complexity index is 1170. The minimum atomic E-state index is -3.22. The molecule has 0 saturated carbocycles. The smallest absolute Gasteiger partial charge is 0.414 e. The van der Waals surface area contributed by atoms with Crippen LogP contribution in [-0.4, -0.2) is 86.4 Å². The van der Waals surface area contributed by atoms with Crippen LogP contribution in [0.4, 0.5) is 33.7 Å². The highest BCUT2D eigenvalue weighted by Gasteiger charge is 2.34. The molecular weight excluding hydrogens is 528 g/mol. The van der Waals surface area contributed by atoms with Crippen LogP contribution >= 0.6 is 0 Å². The number of halogens is 4. The topological polar surface area (TPSA) is 116 Å². The van der Waals surface area contributed by atoms with Gasteiger partial charge in [-0.05, 0) is 17.7 Å². The molecule has 2 saturated heterocycles. The first-order valence-corrected chi connectivity index (χ1v) is 12.0. The number of aromatic nitrogens is 1. The molecule has 0 radical (unpaired) electrons. The van der Waals surface area contributed by atoms with E-state index in [2.05, 4.69) is 10.3 Å². The van der Waals surface area contributed by atoms with Gasteiger partial charge in [-0.2, -0.15) is 8.78 Å². The standard InChI is InChI=1S/C24H26F4N6O5/c25-18-9-16(33-14-17(39-24(33)37)12-31-23(36)22(27)28)10-19(26)21(18)32-5-6-34(38-8-7-32)20(35)13-30-11-15-1-3-29-4-2-15/h1-4,9-10,17,22,30H,5-8,11-14H2,(H,31,36)/t17-/m0/s1. The van der Waals surface area contributed by atoms with Crippen LogP contribution in [0.5, 0.6) is 0 Å². The fraction of sp³-hybridized carbons (Fsp3) is 0.417. The number of ether oxygens (including phenoxy) is 1. The normalized spacial score (nSPS) is 17.8. The molecule has 2 aliphatic heterocycles. The largest absolute Gasteiger partial charge is 0.442 e. The quantitative estimate of drug-likeness (QED) is 0.448. The van der Waals surface area contributed by atoms with E-state index in [0.29, 0.717) is 6.54 Å². The first kappa shape index (κ1) is 28.0. The van der Waals surface area contributed by atoms with Gasteiger partial charge in [0.2, 0.25) is 0 Å². The van der Waals surface area contributed by atoms with Crippen molar-refractivity contribution in [2.45, 2.75) is 19.1 Å². The third kappa shape index (κ3) is 7.11. The summed E-state index contributed by atoms with van der Waals surface area (Å²) < 4.78 is 59.9. The summed E-state index contributed by atoms with van der Waals surface area (Å²) in [6, 6.07) is 5.54. The van der Waals surface area contributed by atoms with E-state index in [4.69, 9.17) is 9.57 Å². The van der Waals surface area contributed by atoms with Gasteiger partial charge >= 0.3 is 12.5 Å². The van der Waals surface area contributed by atoms with Crippen molar-refractivity contribution in [3.8, 4) is 0 Å². The van der Waals surface area contributed by atoms with Gasteiger partial charge in [0.05, 0.1) is 38.5 Å². The maximum atomic E-state index is 15.1. The lowest BCUT2D eigenvalue weighted by atomic mass is 10.2. The molecular formula is C24H26F4N6O5. The molecule has 0 bridgehead atoms. The Hall–Kier alpha value is -3.98. The zero-order valence-electron chi connectivity index (χ0n) is 20.6. The van der Waals surface area contributed by atoms with Crippen LogP contribution in [0.1, 0.15) is 5.56 Å². The second-order valence-corrected chi connectivity index (χ2v) is 8.70. The zero-order valence-corrected chi connectivity index (χ0v) is 20.6. The number of hydrogen-bond acceptors (Lipinski definition) is 8. The number of hydroxylamine groups is 2. The molecule has 0 unspecified atom stereocenters. The van der Waals surface area contributed by atoms with Crippen molar-refractivity contribution in [2.24, 2.45) is 0 Å². The van der Waals surface area contributed by atoms with Crippen LogP contribution in [0, 0.1) is 11.6 Å². The van der Waals surface area contributed by atoms with Crippen LogP contribution in [0.15, 0.2) is 36.7 Å². The molecule has 1 atom stereocenters. The predicted octanol–water partition coefficient (Wildman–Crippen LogP) is 1.44. The molecule has 4 rings (SSSR count). The van der Waals surface area contributed by atoms with Gasteiger partial charge in [0.15, 0.2) is 11.6 Å². The third-order valence-corrected chi connectivity index (χ3v) is 6.02. The van der Waals surface area contributed by atoms with Crippen molar-refractivity contribution in [3.63, 3.8) is 0 Å². The van der Waals surface area contributed by atoms with Crippen LogP contribution in [-0.2, 0) is 25.7 Å². The highest BCUT2D eigenvalue weighted by Crippen LogP contribution is 2.31. The number of nitrogens with zero attached hydrogens (tertiary/aromatic N) is 4. The third-order valence-electron chi connectivity index (χ3n) is 6.02. The van der Waals surface area contributed by atoms with Gasteiger partial charge in [-0.3, -0.25) is 24.3 Å². The number of hydrogen-bond donors (Lipinski definition) is 2. The molecule has 1 aromatic heterocycles. The zero-order chi connectivity index (χ0) is 27.9. The minimum Gasteiger partial charge on any atom is -0.442 e. The average Bonchev–Trinajstić information content (AvgIpc) is 3.11. The van der Waals surface area contributed by atoms with Gasteiger partial charge < -0.3 is 20.3 Å². The molecule has 0 spiro atoms. The van der Waals surface area contributed by atoms with Crippen LogP contribution < -0.4 is 20.4 Å². The summed E-state index contributed by atoms with van der Waals surface area (Å²) >= 11 is 0. The summed E-state index contributed by atoms with van der Waals surface area (Å²) in [5, 5.41) is 6.09. The number of benzene rings is 1. The molecule has 2 aliphatic rings. The van der Waals surface area contributed by atoms with E-state index >= 15 is 8.78 Å². The Morgan fingerprint density at radius 3 is 2.51 bits per heavy atom. The number of pyridine rings is 1. The lowest BCUT2D eigenvalue weighted by Gasteiger charge is -2.24.